The van der Waals surface area contributed by atoms with E-state index in [0.717, 1.165) is 17.5 Å². The molecule has 1 aliphatic rings. The second kappa shape index (κ2) is 4.49. The summed E-state index contributed by atoms with van der Waals surface area (Å²) >= 11 is 6.05. The number of benzene rings is 1. The fourth-order valence-electron chi connectivity index (χ4n) is 1.89. The molecule has 0 amide bonds. The van der Waals surface area contributed by atoms with Crippen molar-refractivity contribution in [3.8, 4) is 11.5 Å². The maximum Gasteiger partial charge on any atom is 0.231 e. The van der Waals surface area contributed by atoms with Crippen LogP contribution in [0.4, 0.5) is 0 Å². The first-order valence-corrected chi connectivity index (χ1v) is 5.55. The van der Waals surface area contributed by atoms with Crippen molar-refractivity contribution in [3.63, 3.8) is 0 Å². The smallest absolute Gasteiger partial charge is 0.231 e. The van der Waals surface area contributed by atoms with Crippen LogP contribution in [0.3, 0.4) is 0 Å². The molecule has 0 aromatic heterocycles. The van der Waals surface area contributed by atoms with Gasteiger partial charge in [-0.3, -0.25) is 0 Å². The first kappa shape index (κ1) is 11.5. The number of hydrogen-bond acceptors (Lipinski definition) is 4. The number of aliphatic hydroxyl groups is 1. The summed E-state index contributed by atoms with van der Waals surface area (Å²) in [6, 6.07) is 1.70. The Morgan fingerprint density at radius 1 is 1.50 bits per heavy atom. The minimum atomic E-state index is -0.720. The van der Waals surface area contributed by atoms with E-state index in [1.165, 1.54) is 0 Å². The van der Waals surface area contributed by atoms with E-state index in [0.29, 0.717) is 16.5 Å². The summed E-state index contributed by atoms with van der Waals surface area (Å²) in [6.45, 7) is 2.31. The zero-order valence-corrected chi connectivity index (χ0v) is 9.75. The molecule has 5 heteroatoms. The third-order valence-corrected chi connectivity index (χ3v) is 2.95. The maximum absolute atomic E-state index is 9.82. The Hall–Kier alpha value is -0.970. The largest absolute Gasteiger partial charge is 0.453 e. The average Bonchev–Trinajstić information content (AvgIpc) is 2.77. The molecule has 0 spiro atoms. The summed E-state index contributed by atoms with van der Waals surface area (Å²) < 4.78 is 10.7. The lowest BCUT2D eigenvalue weighted by atomic mass is 9.99. The zero-order valence-electron chi connectivity index (χ0n) is 9.00. The number of halogens is 1. The highest BCUT2D eigenvalue weighted by Gasteiger charge is 2.25. The first-order valence-electron chi connectivity index (χ1n) is 5.18. The molecule has 0 saturated carbocycles. The van der Waals surface area contributed by atoms with Gasteiger partial charge in [-0.15, -0.1) is 0 Å². The van der Waals surface area contributed by atoms with Crippen LogP contribution < -0.4 is 15.2 Å². The van der Waals surface area contributed by atoms with E-state index in [2.05, 4.69) is 0 Å². The topological polar surface area (TPSA) is 64.7 Å². The van der Waals surface area contributed by atoms with Crippen LogP contribution in [0.15, 0.2) is 6.07 Å². The molecule has 1 aromatic carbocycles. The van der Waals surface area contributed by atoms with Crippen LogP contribution in [-0.2, 0) is 6.42 Å². The van der Waals surface area contributed by atoms with Crippen molar-refractivity contribution in [2.24, 2.45) is 5.73 Å². The van der Waals surface area contributed by atoms with Crippen LogP contribution in [0.1, 0.15) is 24.2 Å². The number of nitrogens with two attached hydrogens (primary N) is 1. The second-order valence-corrected chi connectivity index (χ2v) is 4.00. The maximum atomic E-state index is 9.82. The van der Waals surface area contributed by atoms with E-state index in [1.807, 2.05) is 6.92 Å². The Balaban J connectivity index is 2.57. The van der Waals surface area contributed by atoms with Crippen LogP contribution in [0.25, 0.3) is 0 Å². The van der Waals surface area contributed by atoms with Gasteiger partial charge in [-0.2, -0.15) is 0 Å². The summed E-state index contributed by atoms with van der Waals surface area (Å²) in [4.78, 5) is 0. The average molecular weight is 244 g/mol. The first-order chi connectivity index (χ1) is 7.69. The standard InChI is InChI=1S/C11H14ClNO3/c1-2-6-7(9(14)4-13)3-8(12)11-10(6)15-5-16-11/h3,9,14H,2,4-5,13H2,1H3. The Kier molecular flexibility index (Phi) is 3.23. The Morgan fingerprint density at radius 2 is 2.19 bits per heavy atom. The molecular weight excluding hydrogens is 230 g/mol. The molecule has 1 heterocycles. The van der Waals surface area contributed by atoms with Gasteiger partial charge in [0.1, 0.15) is 0 Å². The van der Waals surface area contributed by atoms with Gasteiger partial charge in [0.15, 0.2) is 11.5 Å². The zero-order chi connectivity index (χ0) is 11.7. The lowest BCUT2D eigenvalue weighted by Gasteiger charge is -2.15. The number of rotatable bonds is 3. The normalized spacial score (nSPS) is 15.2. The molecule has 16 heavy (non-hydrogen) atoms. The molecule has 3 N–H and O–H groups in total. The highest BCUT2D eigenvalue weighted by molar-refractivity contribution is 6.32. The van der Waals surface area contributed by atoms with Gasteiger partial charge in [-0.05, 0) is 18.1 Å². The van der Waals surface area contributed by atoms with Crippen molar-refractivity contribution in [1.29, 1.82) is 0 Å². The van der Waals surface area contributed by atoms with Crippen molar-refractivity contribution in [1.82, 2.24) is 0 Å². The number of aliphatic hydroxyl groups excluding tert-OH is 1. The molecule has 0 radical (unpaired) electrons. The van der Waals surface area contributed by atoms with Crippen molar-refractivity contribution in [3.05, 3.63) is 22.2 Å². The molecule has 1 atom stereocenters. The summed E-state index contributed by atoms with van der Waals surface area (Å²) in [6.07, 6.45) is 0.0110. The van der Waals surface area contributed by atoms with Gasteiger partial charge in [0.25, 0.3) is 0 Å². The SMILES string of the molecule is CCc1c(C(O)CN)cc(Cl)c2c1OCO2. The summed E-state index contributed by atoms with van der Waals surface area (Å²) in [5, 5.41) is 10.3. The molecule has 1 aliphatic heterocycles. The van der Waals surface area contributed by atoms with Crippen LogP contribution in [0, 0.1) is 0 Å². The highest BCUT2D eigenvalue weighted by Crippen LogP contribution is 2.44. The summed E-state index contributed by atoms with van der Waals surface area (Å²) in [5.41, 5.74) is 7.09. The molecule has 0 bridgehead atoms. The lowest BCUT2D eigenvalue weighted by molar-refractivity contribution is 0.171. The Labute approximate surface area is 98.9 Å². The van der Waals surface area contributed by atoms with E-state index >= 15 is 0 Å². The highest BCUT2D eigenvalue weighted by atomic mass is 35.5. The van der Waals surface area contributed by atoms with Crippen LogP contribution in [0.2, 0.25) is 5.02 Å². The Bertz CT molecular complexity index is 409. The molecule has 4 nitrogen and oxygen atoms in total. The van der Waals surface area contributed by atoms with E-state index < -0.39 is 6.10 Å². The van der Waals surface area contributed by atoms with Crippen molar-refractivity contribution in [2.45, 2.75) is 19.4 Å². The van der Waals surface area contributed by atoms with E-state index in [4.69, 9.17) is 26.8 Å². The second-order valence-electron chi connectivity index (χ2n) is 3.60. The third kappa shape index (κ3) is 1.73. The predicted molar refractivity (Wildman–Crippen MR) is 61.0 cm³/mol. The van der Waals surface area contributed by atoms with Gasteiger partial charge in [0.2, 0.25) is 6.79 Å². The third-order valence-electron chi connectivity index (χ3n) is 2.67. The molecule has 1 aromatic rings. The van der Waals surface area contributed by atoms with Gasteiger partial charge in [0, 0.05) is 12.1 Å². The summed E-state index contributed by atoms with van der Waals surface area (Å²) in [7, 11) is 0. The van der Waals surface area contributed by atoms with E-state index in [9.17, 15) is 5.11 Å². The molecule has 88 valence electrons. The minimum Gasteiger partial charge on any atom is -0.453 e. The molecular formula is C11H14ClNO3. The summed E-state index contributed by atoms with van der Waals surface area (Å²) in [5.74, 6) is 1.20. The molecule has 0 saturated heterocycles. The Morgan fingerprint density at radius 3 is 2.81 bits per heavy atom. The van der Waals surface area contributed by atoms with E-state index in [1.54, 1.807) is 6.07 Å². The number of fused-ring (bicyclic) bond motifs is 1. The fourth-order valence-corrected chi connectivity index (χ4v) is 2.15. The van der Waals surface area contributed by atoms with Gasteiger partial charge < -0.3 is 20.3 Å². The monoisotopic (exact) mass is 243 g/mol. The van der Waals surface area contributed by atoms with Crippen LogP contribution in [-0.4, -0.2) is 18.4 Å². The van der Waals surface area contributed by atoms with Crippen molar-refractivity contribution in [2.75, 3.05) is 13.3 Å². The molecule has 0 aliphatic carbocycles. The molecule has 1 unspecified atom stereocenters. The van der Waals surface area contributed by atoms with Gasteiger partial charge in [-0.1, -0.05) is 18.5 Å². The minimum absolute atomic E-state index is 0.156. The van der Waals surface area contributed by atoms with Crippen LogP contribution in [0.5, 0.6) is 11.5 Å². The number of hydrogen-bond donors (Lipinski definition) is 2. The van der Waals surface area contributed by atoms with E-state index in [-0.39, 0.29) is 13.3 Å². The lowest BCUT2D eigenvalue weighted by Crippen LogP contribution is -2.13. The fraction of sp³-hybridized carbons (Fsp3) is 0.455. The predicted octanol–water partition coefficient (Wildman–Crippen LogP) is 1.62. The van der Waals surface area contributed by atoms with Crippen LogP contribution >= 0.6 is 11.6 Å². The number of ether oxygens (including phenoxy) is 2. The van der Waals surface area contributed by atoms with Gasteiger partial charge >= 0.3 is 0 Å². The quantitative estimate of drug-likeness (QED) is 0.847. The van der Waals surface area contributed by atoms with Crippen molar-refractivity contribution < 1.29 is 14.6 Å². The molecule has 0 fully saturated rings. The van der Waals surface area contributed by atoms with Gasteiger partial charge in [0.05, 0.1) is 11.1 Å². The molecule has 2 rings (SSSR count). The van der Waals surface area contributed by atoms with Crippen molar-refractivity contribution >= 4 is 11.6 Å². The van der Waals surface area contributed by atoms with Gasteiger partial charge in [-0.25, -0.2) is 0 Å².